The van der Waals surface area contributed by atoms with E-state index >= 15 is 0 Å². The maximum atomic E-state index is 13.8. The van der Waals surface area contributed by atoms with Crippen molar-refractivity contribution < 1.29 is 28.2 Å². The summed E-state index contributed by atoms with van der Waals surface area (Å²) in [7, 11) is 0. The van der Waals surface area contributed by atoms with Crippen molar-refractivity contribution in [3.63, 3.8) is 0 Å². The molecule has 222 valence electrons. The Bertz CT molecular complexity index is 1810. The van der Waals surface area contributed by atoms with Crippen LogP contribution in [0.4, 0.5) is 4.39 Å². The number of carboxylic acids is 1. The number of aromatic nitrogens is 3. The molecule has 2 aromatic carbocycles. The fourth-order valence-electron chi connectivity index (χ4n) is 6.10. The van der Waals surface area contributed by atoms with Gasteiger partial charge in [0.05, 0.1) is 47.0 Å². The van der Waals surface area contributed by atoms with Crippen molar-refractivity contribution >= 4 is 39.6 Å². The van der Waals surface area contributed by atoms with E-state index in [9.17, 15) is 14.3 Å². The topological polar surface area (TPSA) is 103 Å². The Labute approximate surface area is 251 Å². The van der Waals surface area contributed by atoms with Crippen molar-refractivity contribution in [2.45, 2.75) is 51.0 Å². The van der Waals surface area contributed by atoms with Crippen LogP contribution < -0.4 is 4.74 Å². The SMILES string of the molecule is O=C(O)c1ccc2nc(CN3CCC(c4ccncc4OCc4ccc(Cl)c5cc(F)oc45)CC3)n(C[C@@H]3CCO3)c2c1. The number of rotatable bonds is 9. The number of ether oxygens (including phenoxy) is 2. The summed E-state index contributed by atoms with van der Waals surface area (Å²) in [6.07, 6.45) is 6.49. The number of furan rings is 1. The maximum absolute atomic E-state index is 13.8. The van der Waals surface area contributed by atoms with E-state index < -0.39 is 12.0 Å². The zero-order chi connectivity index (χ0) is 29.5. The summed E-state index contributed by atoms with van der Waals surface area (Å²) in [6, 6.07) is 11.2. The fraction of sp³-hybridized carbons (Fsp3) is 0.344. The highest BCUT2D eigenvalue weighted by molar-refractivity contribution is 6.35. The maximum Gasteiger partial charge on any atom is 0.335 e. The monoisotopic (exact) mass is 604 g/mol. The molecule has 9 nitrogen and oxygen atoms in total. The lowest BCUT2D eigenvalue weighted by atomic mass is 9.89. The summed E-state index contributed by atoms with van der Waals surface area (Å²) >= 11 is 6.21. The Kier molecular flexibility index (Phi) is 7.50. The summed E-state index contributed by atoms with van der Waals surface area (Å²) in [6.45, 7) is 4.03. The standard InChI is InChI=1S/C32H30ClFN4O5/c33-25-3-1-21(31-24(25)14-29(34)43-31)18-42-28-15-35-9-5-23(28)19-6-10-37(11-7-19)17-30-36-26-4-2-20(32(39)40)13-27(26)38(30)16-22-8-12-41-22/h1-5,9,13-15,19,22H,6-8,10-12,16-18H2,(H,39,40)/t22-/m0/s1. The number of halogens is 2. The zero-order valence-electron chi connectivity index (χ0n) is 23.3. The van der Waals surface area contributed by atoms with E-state index in [1.165, 1.54) is 6.07 Å². The molecule has 0 saturated carbocycles. The predicted molar refractivity (Wildman–Crippen MR) is 158 cm³/mol. The van der Waals surface area contributed by atoms with Gasteiger partial charge in [0.1, 0.15) is 23.8 Å². The number of imidazole rings is 1. The number of carbonyl (C=O) groups is 1. The highest BCUT2D eigenvalue weighted by Crippen LogP contribution is 2.36. The quantitative estimate of drug-likeness (QED) is 0.206. The highest BCUT2D eigenvalue weighted by atomic mass is 35.5. The van der Waals surface area contributed by atoms with E-state index in [1.54, 1.807) is 42.7 Å². The van der Waals surface area contributed by atoms with Crippen LogP contribution in [0.1, 0.15) is 52.5 Å². The molecule has 1 atom stereocenters. The molecule has 2 aliphatic heterocycles. The third-order valence-electron chi connectivity index (χ3n) is 8.53. The fourth-order valence-corrected chi connectivity index (χ4v) is 6.30. The second-order valence-corrected chi connectivity index (χ2v) is 11.6. The molecule has 0 bridgehead atoms. The van der Waals surface area contributed by atoms with Crippen molar-refractivity contribution in [2.75, 3.05) is 19.7 Å². The number of likely N-dealkylation sites (tertiary alicyclic amines) is 1. The van der Waals surface area contributed by atoms with Crippen LogP contribution in [0.3, 0.4) is 0 Å². The Morgan fingerprint density at radius 3 is 2.74 bits per heavy atom. The third kappa shape index (κ3) is 5.58. The summed E-state index contributed by atoms with van der Waals surface area (Å²) < 4.78 is 33.1. The van der Waals surface area contributed by atoms with E-state index in [2.05, 4.69) is 14.5 Å². The number of nitrogens with zero attached hydrogens (tertiary/aromatic N) is 4. The molecule has 11 heteroatoms. The van der Waals surface area contributed by atoms with Gasteiger partial charge < -0.3 is 23.6 Å². The van der Waals surface area contributed by atoms with Crippen LogP contribution in [-0.4, -0.2) is 56.3 Å². The van der Waals surface area contributed by atoms with Crippen LogP contribution in [0.5, 0.6) is 5.75 Å². The summed E-state index contributed by atoms with van der Waals surface area (Å²) in [5.41, 5.74) is 4.07. The summed E-state index contributed by atoms with van der Waals surface area (Å²) in [5.74, 6) is 0.963. The molecule has 0 radical (unpaired) electrons. The summed E-state index contributed by atoms with van der Waals surface area (Å²) in [4.78, 5) is 23.2. The molecule has 7 rings (SSSR count). The van der Waals surface area contributed by atoms with E-state index in [0.717, 1.165) is 61.4 Å². The van der Waals surface area contributed by atoms with Crippen molar-refractivity contribution in [1.82, 2.24) is 19.4 Å². The van der Waals surface area contributed by atoms with Gasteiger partial charge in [-0.2, -0.15) is 4.39 Å². The molecule has 2 saturated heterocycles. The molecule has 2 fully saturated rings. The first-order valence-corrected chi connectivity index (χ1v) is 14.8. The van der Waals surface area contributed by atoms with Gasteiger partial charge in [0.15, 0.2) is 0 Å². The number of fused-ring (bicyclic) bond motifs is 2. The predicted octanol–water partition coefficient (Wildman–Crippen LogP) is 6.42. The molecular formula is C32H30ClFN4O5. The lowest BCUT2D eigenvalue weighted by Crippen LogP contribution is -2.35. The van der Waals surface area contributed by atoms with Gasteiger partial charge in [0.25, 0.3) is 6.01 Å². The molecule has 0 unspecified atom stereocenters. The number of hydrogen-bond donors (Lipinski definition) is 1. The number of carboxylic acid groups (broad SMARTS) is 1. The van der Waals surface area contributed by atoms with Gasteiger partial charge in [0, 0.05) is 35.4 Å². The lowest BCUT2D eigenvalue weighted by molar-refractivity contribution is -0.0592. The number of hydrogen-bond acceptors (Lipinski definition) is 7. The minimum absolute atomic E-state index is 0.122. The molecule has 2 aliphatic rings. The molecule has 5 heterocycles. The normalized spacial score (nSPS) is 17.9. The molecule has 43 heavy (non-hydrogen) atoms. The van der Waals surface area contributed by atoms with Gasteiger partial charge in [-0.25, -0.2) is 9.78 Å². The number of piperidine rings is 1. The molecule has 0 aliphatic carbocycles. The average molecular weight is 605 g/mol. The van der Waals surface area contributed by atoms with Crippen LogP contribution >= 0.6 is 11.6 Å². The van der Waals surface area contributed by atoms with Gasteiger partial charge in [-0.1, -0.05) is 17.7 Å². The van der Waals surface area contributed by atoms with Gasteiger partial charge in [-0.3, -0.25) is 9.88 Å². The molecule has 0 spiro atoms. The Morgan fingerprint density at radius 2 is 1.98 bits per heavy atom. The van der Waals surface area contributed by atoms with Crippen LogP contribution in [0.15, 0.2) is 59.3 Å². The Hall–Kier alpha value is -3.99. The average Bonchev–Trinajstić information content (AvgIpc) is 3.55. The minimum Gasteiger partial charge on any atom is -0.487 e. The Balaban J connectivity index is 1.05. The number of pyridine rings is 1. The number of benzene rings is 2. The first kappa shape index (κ1) is 27.8. The molecule has 3 aromatic heterocycles. The van der Waals surface area contributed by atoms with E-state index in [-0.39, 0.29) is 18.3 Å². The van der Waals surface area contributed by atoms with E-state index in [1.807, 2.05) is 6.07 Å². The Morgan fingerprint density at radius 1 is 1.14 bits per heavy atom. The van der Waals surface area contributed by atoms with Gasteiger partial charge >= 0.3 is 5.97 Å². The largest absolute Gasteiger partial charge is 0.487 e. The van der Waals surface area contributed by atoms with E-state index in [0.29, 0.717) is 46.3 Å². The summed E-state index contributed by atoms with van der Waals surface area (Å²) in [5, 5.41) is 10.5. The first-order chi connectivity index (χ1) is 20.9. The second kappa shape index (κ2) is 11.6. The van der Waals surface area contributed by atoms with Crippen LogP contribution in [0.2, 0.25) is 5.02 Å². The zero-order valence-corrected chi connectivity index (χ0v) is 24.1. The van der Waals surface area contributed by atoms with Gasteiger partial charge in [0.2, 0.25) is 0 Å². The smallest absolute Gasteiger partial charge is 0.335 e. The van der Waals surface area contributed by atoms with Gasteiger partial charge in [-0.05, 0) is 68.6 Å². The van der Waals surface area contributed by atoms with E-state index in [4.69, 9.17) is 30.5 Å². The van der Waals surface area contributed by atoms with Crippen molar-refractivity contribution in [3.8, 4) is 5.75 Å². The minimum atomic E-state index is -0.950. The van der Waals surface area contributed by atoms with Crippen molar-refractivity contribution in [3.05, 3.63) is 88.4 Å². The van der Waals surface area contributed by atoms with Gasteiger partial charge in [-0.15, -0.1) is 0 Å². The van der Waals surface area contributed by atoms with Crippen molar-refractivity contribution in [1.29, 1.82) is 0 Å². The molecule has 1 N–H and O–H groups in total. The first-order valence-electron chi connectivity index (χ1n) is 14.4. The third-order valence-corrected chi connectivity index (χ3v) is 8.86. The molecule has 5 aromatic rings. The lowest BCUT2D eigenvalue weighted by Gasteiger charge is -2.33. The highest BCUT2D eigenvalue weighted by Gasteiger charge is 2.27. The van der Waals surface area contributed by atoms with Crippen LogP contribution in [-0.2, 0) is 24.4 Å². The van der Waals surface area contributed by atoms with Crippen LogP contribution in [0, 0.1) is 6.01 Å². The van der Waals surface area contributed by atoms with Crippen molar-refractivity contribution in [2.24, 2.45) is 0 Å². The number of aromatic carboxylic acids is 1. The molecule has 0 amide bonds. The second-order valence-electron chi connectivity index (χ2n) is 11.2. The molecular weight excluding hydrogens is 575 g/mol. The van der Waals surface area contributed by atoms with Crippen LogP contribution in [0.25, 0.3) is 22.0 Å².